The second kappa shape index (κ2) is 10.0. The van der Waals surface area contributed by atoms with Crippen molar-refractivity contribution in [1.82, 2.24) is 14.2 Å². The van der Waals surface area contributed by atoms with Crippen LogP contribution in [-0.2, 0) is 26.0 Å². The number of nitrogens with zero attached hydrogens (tertiary/aromatic N) is 3. The summed E-state index contributed by atoms with van der Waals surface area (Å²) in [5, 5.41) is 0. The SMILES string of the molecule is O=C(c1cc(S(=O)(=O)N2CCOCC2)ccc1F)N(Cc1cccnc1)CC1CCCO1. The molecule has 32 heavy (non-hydrogen) atoms. The molecule has 1 aromatic carbocycles. The maximum atomic E-state index is 14.7. The number of hydrogen-bond acceptors (Lipinski definition) is 6. The van der Waals surface area contributed by atoms with Gasteiger partial charge in [0.1, 0.15) is 5.82 Å². The smallest absolute Gasteiger partial charge is 0.257 e. The van der Waals surface area contributed by atoms with Crippen molar-refractivity contribution < 1.29 is 27.1 Å². The van der Waals surface area contributed by atoms with E-state index in [0.29, 0.717) is 19.8 Å². The molecular weight excluding hydrogens is 437 g/mol. The van der Waals surface area contributed by atoms with Crippen LogP contribution in [0.5, 0.6) is 0 Å². The van der Waals surface area contributed by atoms with Crippen molar-refractivity contribution in [2.75, 3.05) is 39.5 Å². The Morgan fingerprint density at radius 3 is 2.72 bits per heavy atom. The van der Waals surface area contributed by atoms with E-state index in [9.17, 15) is 17.6 Å². The van der Waals surface area contributed by atoms with E-state index in [1.807, 2.05) is 6.07 Å². The highest BCUT2D eigenvalue weighted by atomic mass is 32.2. The Hall–Kier alpha value is -2.40. The molecule has 172 valence electrons. The molecule has 2 aliphatic heterocycles. The molecule has 1 atom stereocenters. The molecular formula is C22H26FN3O5S. The summed E-state index contributed by atoms with van der Waals surface area (Å²) in [5.74, 6) is -1.35. The van der Waals surface area contributed by atoms with Gasteiger partial charge < -0.3 is 14.4 Å². The van der Waals surface area contributed by atoms with Crippen molar-refractivity contribution in [2.24, 2.45) is 0 Å². The van der Waals surface area contributed by atoms with Crippen LogP contribution in [-0.4, -0.2) is 74.1 Å². The van der Waals surface area contributed by atoms with Crippen molar-refractivity contribution >= 4 is 15.9 Å². The first-order chi connectivity index (χ1) is 15.4. The highest BCUT2D eigenvalue weighted by molar-refractivity contribution is 7.89. The van der Waals surface area contributed by atoms with Crippen LogP contribution < -0.4 is 0 Å². The van der Waals surface area contributed by atoms with E-state index in [1.54, 1.807) is 18.5 Å². The first kappa shape index (κ1) is 22.8. The van der Waals surface area contributed by atoms with Crippen molar-refractivity contribution in [1.29, 1.82) is 0 Å². The normalized spacial score (nSPS) is 19.7. The molecule has 8 nitrogen and oxygen atoms in total. The van der Waals surface area contributed by atoms with Crippen molar-refractivity contribution in [3.8, 4) is 0 Å². The molecule has 0 radical (unpaired) electrons. The van der Waals surface area contributed by atoms with Gasteiger partial charge >= 0.3 is 0 Å². The van der Waals surface area contributed by atoms with Crippen LogP contribution in [0.15, 0.2) is 47.6 Å². The van der Waals surface area contributed by atoms with E-state index in [4.69, 9.17) is 9.47 Å². The Balaban J connectivity index is 1.62. The summed E-state index contributed by atoms with van der Waals surface area (Å²) in [7, 11) is -3.86. The van der Waals surface area contributed by atoms with Gasteiger partial charge in [-0.15, -0.1) is 0 Å². The third-order valence-electron chi connectivity index (χ3n) is 5.61. The number of sulfonamides is 1. The molecule has 3 heterocycles. The van der Waals surface area contributed by atoms with Crippen LogP contribution in [0, 0.1) is 5.82 Å². The van der Waals surface area contributed by atoms with Crippen LogP contribution in [0.1, 0.15) is 28.8 Å². The first-order valence-corrected chi connectivity index (χ1v) is 12.1. The molecule has 2 aromatic rings. The largest absolute Gasteiger partial charge is 0.379 e. The minimum atomic E-state index is -3.86. The van der Waals surface area contributed by atoms with E-state index in [0.717, 1.165) is 30.5 Å². The minimum absolute atomic E-state index is 0.109. The number of aromatic nitrogens is 1. The number of carbonyl (C=O) groups is 1. The third-order valence-corrected chi connectivity index (χ3v) is 7.50. The van der Waals surface area contributed by atoms with E-state index in [1.165, 1.54) is 15.3 Å². The summed E-state index contributed by atoms with van der Waals surface area (Å²) in [6.45, 7) is 2.16. The second-order valence-corrected chi connectivity index (χ2v) is 9.78. The lowest BCUT2D eigenvalue weighted by atomic mass is 10.1. The quantitative estimate of drug-likeness (QED) is 0.625. The number of pyridine rings is 1. The fourth-order valence-electron chi connectivity index (χ4n) is 3.90. The lowest BCUT2D eigenvalue weighted by Gasteiger charge is -2.27. The van der Waals surface area contributed by atoms with E-state index in [2.05, 4.69) is 4.98 Å². The van der Waals surface area contributed by atoms with Crippen LogP contribution in [0.3, 0.4) is 0 Å². The van der Waals surface area contributed by atoms with Gasteiger partial charge in [-0.1, -0.05) is 6.07 Å². The van der Waals surface area contributed by atoms with Crippen LogP contribution in [0.25, 0.3) is 0 Å². The summed E-state index contributed by atoms with van der Waals surface area (Å²) < 4.78 is 52.9. The maximum Gasteiger partial charge on any atom is 0.257 e. The zero-order valence-corrected chi connectivity index (χ0v) is 18.5. The number of benzene rings is 1. The fraction of sp³-hybridized carbons (Fsp3) is 0.455. The molecule has 1 aromatic heterocycles. The molecule has 2 fully saturated rings. The third kappa shape index (κ3) is 5.15. The second-order valence-electron chi connectivity index (χ2n) is 7.84. The molecule has 0 bridgehead atoms. The van der Waals surface area contributed by atoms with Crippen molar-refractivity contribution in [2.45, 2.75) is 30.4 Å². The van der Waals surface area contributed by atoms with Gasteiger partial charge in [0.2, 0.25) is 10.0 Å². The van der Waals surface area contributed by atoms with Gasteiger partial charge in [-0.3, -0.25) is 9.78 Å². The van der Waals surface area contributed by atoms with E-state index in [-0.39, 0.29) is 42.7 Å². The predicted molar refractivity (Wildman–Crippen MR) is 114 cm³/mol. The number of halogens is 1. The number of hydrogen-bond donors (Lipinski definition) is 0. The Morgan fingerprint density at radius 2 is 2.03 bits per heavy atom. The number of amides is 1. The molecule has 2 saturated heterocycles. The topological polar surface area (TPSA) is 89.0 Å². The average molecular weight is 464 g/mol. The van der Waals surface area contributed by atoms with Gasteiger partial charge in [-0.05, 0) is 42.7 Å². The predicted octanol–water partition coefficient (Wildman–Crippen LogP) is 2.06. The Bertz CT molecular complexity index is 1040. The number of morpholine rings is 1. The summed E-state index contributed by atoms with van der Waals surface area (Å²) in [4.78, 5) is 18.9. The van der Waals surface area contributed by atoms with Crippen molar-refractivity contribution in [3.63, 3.8) is 0 Å². The van der Waals surface area contributed by atoms with Crippen LogP contribution >= 0.6 is 0 Å². The van der Waals surface area contributed by atoms with Gasteiger partial charge in [0, 0.05) is 45.2 Å². The zero-order valence-electron chi connectivity index (χ0n) is 17.7. The summed E-state index contributed by atoms with van der Waals surface area (Å²) >= 11 is 0. The van der Waals surface area contributed by atoms with Gasteiger partial charge in [0.25, 0.3) is 5.91 Å². The minimum Gasteiger partial charge on any atom is -0.379 e. The number of rotatable bonds is 7. The lowest BCUT2D eigenvalue weighted by Crippen LogP contribution is -2.41. The van der Waals surface area contributed by atoms with Gasteiger partial charge in [0.05, 0.1) is 29.8 Å². The molecule has 0 saturated carbocycles. The van der Waals surface area contributed by atoms with E-state index >= 15 is 0 Å². The summed E-state index contributed by atoms with van der Waals surface area (Å²) in [5.41, 5.74) is 0.512. The summed E-state index contributed by atoms with van der Waals surface area (Å²) in [6, 6.07) is 6.96. The van der Waals surface area contributed by atoms with Crippen LogP contribution in [0.4, 0.5) is 4.39 Å². The van der Waals surface area contributed by atoms with Crippen molar-refractivity contribution in [3.05, 3.63) is 59.7 Å². The Morgan fingerprint density at radius 1 is 1.22 bits per heavy atom. The zero-order chi connectivity index (χ0) is 22.6. The van der Waals surface area contributed by atoms with Gasteiger partial charge in [-0.2, -0.15) is 4.31 Å². The van der Waals surface area contributed by atoms with Crippen LogP contribution in [0.2, 0.25) is 0 Å². The number of carbonyl (C=O) groups excluding carboxylic acids is 1. The number of ether oxygens (including phenoxy) is 2. The highest BCUT2D eigenvalue weighted by Gasteiger charge is 2.30. The monoisotopic (exact) mass is 463 g/mol. The van der Waals surface area contributed by atoms with Gasteiger partial charge in [0.15, 0.2) is 0 Å². The first-order valence-electron chi connectivity index (χ1n) is 10.6. The molecule has 2 aliphatic rings. The molecule has 0 spiro atoms. The lowest BCUT2D eigenvalue weighted by molar-refractivity contribution is 0.0503. The average Bonchev–Trinajstić information content (AvgIpc) is 3.33. The summed E-state index contributed by atoms with van der Waals surface area (Å²) in [6.07, 6.45) is 4.85. The van der Waals surface area contributed by atoms with Gasteiger partial charge in [-0.25, -0.2) is 12.8 Å². The molecule has 0 aliphatic carbocycles. The fourth-order valence-corrected chi connectivity index (χ4v) is 5.34. The molecule has 10 heteroatoms. The molecule has 1 amide bonds. The molecule has 1 unspecified atom stereocenters. The van der Waals surface area contributed by atoms with E-state index < -0.39 is 21.7 Å². The Labute approximate surface area is 187 Å². The molecule has 0 N–H and O–H groups in total. The standard InChI is InChI=1S/C22H26FN3O5S/c23-21-6-5-19(32(28,29)26-8-11-30-12-9-26)13-20(21)22(27)25(16-18-4-2-10-31-18)15-17-3-1-7-24-14-17/h1,3,5-7,13-14,18H,2,4,8-12,15-16H2. The maximum absolute atomic E-state index is 14.7. The highest BCUT2D eigenvalue weighted by Crippen LogP contribution is 2.23. The molecule has 4 rings (SSSR count). The Kier molecular flexibility index (Phi) is 7.14.